The molecule has 0 radical (unpaired) electrons. The lowest BCUT2D eigenvalue weighted by molar-refractivity contribution is -0.130. The highest BCUT2D eigenvalue weighted by Crippen LogP contribution is 2.21. The van der Waals surface area contributed by atoms with E-state index in [0.29, 0.717) is 23.7 Å². The molecule has 1 atom stereocenters. The molecular formula is C16H22ClNO3S2. The largest absolute Gasteiger partial charge is 0.338 e. The van der Waals surface area contributed by atoms with Crippen LogP contribution in [0.5, 0.6) is 0 Å². The summed E-state index contributed by atoms with van der Waals surface area (Å²) in [6, 6.07) is 7.44. The summed E-state index contributed by atoms with van der Waals surface area (Å²) in [5.74, 6) is 1.41. The first kappa shape index (κ1) is 18.6. The van der Waals surface area contributed by atoms with E-state index in [2.05, 4.69) is 0 Å². The molecular weight excluding hydrogens is 354 g/mol. The van der Waals surface area contributed by atoms with Gasteiger partial charge < -0.3 is 4.90 Å². The molecule has 0 aliphatic carbocycles. The summed E-state index contributed by atoms with van der Waals surface area (Å²) < 4.78 is 23.3. The number of amides is 1. The zero-order valence-electron chi connectivity index (χ0n) is 13.2. The van der Waals surface area contributed by atoms with Gasteiger partial charge in [-0.1, -0.05) is 30.7 Å². The molecule has 0 spiro atoms. The van der Waals surface area contributed by atoms with E-state index >= 15 is 0 Å². The minimum Gasteiger partial charge on any atom is -0.338 e. The van der Waals surface area contributed by atoms with Crippen molar-refractivity contribution in [3.05, 3.63) is 34.9 Å². The van der Waals surface area contributed by atoms with E-state index in [1.807, 2.05) is 31.2 Å². The van der Waals surface area contributed by atoms with Gasteiger partial charge in [-0.15, -0.1) is 11.8 Å². The average molecular weight is 376 g/mol. The summed E-state index contributed by atoms with van der Waals surface area (Å²) in [7, 11) is -2.98. The predicted molar refractivity (Wildman–Crippen MR) is 96.7 cm³/mol. The van der Waals surface area contributed by atoms with Crippen LogP contribution in [-0.2, 0) is 20.4 Å². The number of hydrogen-bond donors (Lipinski definition) is 0. The number of carbonyl (C=O) groups is 1. The molecule has 1 heterocycles. The molecule has 1 aromatic rings. The molecule has 0 bridgehead atoms. The first-order valence-corrected chi connectivity index (χ1v) is 11.1. The highest BCUT2D eigenvalue weighted by molar-refractivity contribution is 7.99. The average Bonchev–Trinajstić information content (AvgIpc) is 2.84. The molecule has 128 valence electrons. The summed E-state index contributed by atoms with van der Waals surface area (Å²) >= 11 is 7.49. The molecule has 23 heavy (non-hydrogen) atoms. The zero-order chi connectivity index (χ0) is 16.9. The Morgan fingerprint density at radius 2 is 2.22 bits per heavy atom. The highest BCUT2D eigenvalue weighted by Gasteiger charge is 2.33. The minimum atomic E-state index is -2.98. The van der Waals surface area contributed by atoms with Crippen molar-refractivity contribution in [1.29, 1.82) is 0 Å². The molecule has 1 aliphatic rings. The van der Waals surface area contributed by atoms with Gasteiger partial charge in [0.05, 0.1) is 17.3 Å². The summed E-state index contributed by atoms with van der Waals surface area (Å²) in [6.45, 7) is 2.62. The molecule has 1 amide bonds. The van der Waals surface area contributed by atoms with Crippen LogP contribution in [0.1, 0.15) is 25.3 Å². The lowest BCUT2D eigenvalue weighted by Crippen LogP contribution is -2.42. The quantitative estimate of drug-likeness (QED) is 0.735. The number of sulfone groups is 1. The Kier molecular flexibility index (Phi) is 6.80. The molecule has 0 aromatic heterocycles. The van der Waals surface area contributed by atoms with Gasteiger partial charge in [-0.05, 0) is 30.5 Å². The van der Waals surface area contributed by atoms with Crippen molar-refractivity contribution in [2.24, 2.45) is 0 Å². The van der Waals surface area contributed by atoms with Gasteiger partial charge in [0.15, 0.2) is 9.84 Å². The van der Waals surface area contributed by atoms with Gasteiger partial charge in [-0.25, -0.2) is 8.42 Å². The third-order valence-electron chi connectivity index (χ3n) is 3.82. The van der Waals surface area contributed by atoms with Crippen molar-refractivity contribution in [3.63, 3.8) is 0 Å². The third-order valence-corrected chi connectivity index (χ3v) is 6.79. The normalized spacial score (nSPS) is 19.7. The van der Waals surface area contributed by atoms with Crippen LogP contribution in [0.2, 0.25) is 5.02 Å². The van der Waals surface area contributed by atoms with Crippen LogP contribution in [0.15, 0.2) is 24.3 Å². The molecule has 1 unspecified atom stereocenters. The summed E-state index contributed by atoms with van der Waals surface area (Å²) in [5.41, 5.74) is 1.08. The number of hydrogen-bond acceptors (Lipinski definition) is 4. The lowest BCUT2D eigenvalue weighted by atomic mass is 10.2. The smallest absolute Gasteiger partial charge is 0.232 e. The second-order valence-electron chi connectivity index (χ2n) is 5.77. The number of carbonyl (C=O) groups excluding carboxylic acids is 1. The minimum absolute atomic E-state index is 0.0287. The van der Waals surface area contributed by atoms with E-state index in [0.717, 1.165) is 17.7 Å². The van der Waals surface area contributed by atoms with E-state index in [9.17, 15) is 13.2 Å². The van der Waals surface area contributed by atoms with Gasteiger partial charge in [0.1, 0.15) is 0 Å². The van der Waals surface area contributed by atoms with Crippen molar-refractivity contribution in [3.8, 4) is 0 Å². The SMILES string of the molecule is CCCN(C(=O)CSCc1cccc(Cl)c1)C1CCS(=O)(=O)C1. The second kappa shape index (κ2) is 8.40. The maximum atomic E-state index is 12.5. The van der Waals surface area contributed by atoms with Gasteiger partial charge >= 0.3 is 0 Å². The number of benzene rings is 1. The first-order valence-electron chi connectivity index (χ1n) is 7.73. The first-order chi connectivity index (χ1) is 10.9. The molecule has 0 saturated carbocycles. The van der Waals surface area contributed by atoms with Crippen LogP contribution >= 0.6 is 23.4 Å². The van der Waals surface area contributed by atoms with E-state index in [-0.39, 0.29) is 23.5 Å². The van der Waals surface area contributed by atoms with E-state index < -0.39 is 9.84 Å². The van der Waals surface area contributed by atoms with Crippen LogP contribution in [0, 0.1) is 0 Å². The summed E-state index contributed by atoms with van der Waals surface area (Å²) in [4.78, 5) is 14.2. The van der Waals surface area contributed by atoms with Crippen LogP contribution in [0.25, 0.3) is 0 Å². The zero-order valence-corrected chi connectivity index (χ0v) is 15.6. The number of thioether (sulfide) groups is 1. The monoisotopic (exact) mass is 375 g/mol. The molecule has 1 aliphatic heterocycles. The second-order valence-corrected chi connectivity index (χ2v) is 9.42. The highest BCUT2D eigenvalue weighted by atomic mass is 35.5. The van der Waals surface area contributed by atoms with E-state index in [1.165, 1.54) is 11.8 Å². The predicted octanol–water partition coefficient (Wildman–Crippen LogP) is 3.00. The number of nitrogens with zero attached hydrogens (tertiary/aromatic N) is 1. The molecule has 0 N–H and O–H groups in total. The van der Waals surface area contributed by atoms with Gasteiger partial charge in [0.25, 0.3) is 0 Å². The molecule has 1 saturated heterocycles. The standard InChI is InChI=1S/C16H22ClNO3S2/c1-2-7-18(15-6-8-23(20,21)12-15)16(19)11-22-10-13-4-3-5-14(17)9-13/h3-5,9,15H,2,6-8,10-12H2,1H3. The van der Waals surface area contributed by atoms with Crippen LogP contribution in [0.3, 0.4) is 0 Å². The van der Waals surface area contributed by atoms with Crippen molar-refractivity contribution in [2.45, 2.75) is 31.6 Å². The van der Waals surface area contributed by atoms with Crippen molar-refractivity contribution >= 4 is 39.1 Å². The Morgan fingerprint density at radius 1 is 1.43 bits per heavy atom. The molecule has 7 heteroatoms. The van der Waals surface area contributed by atoms with Crippen molar-refractivity contribution in [1.82, 2.24) is 4.90 Å². The maximum absolute atomic E-state index is 12.5. The summed E-state index contributed by atoms with van der Waals surface area (Å²) in [5, 5.41) is 0.693. The van der Waals surface area contributed by atoms with Gasteiger partial charge in [-0.3, -0.25) is 4.79 Å². The van der Waals surface area contributed by atoms with Crippen molar-refractivity contribution in [2.75, 3.05) is 23.8 Å². The summed E-state index contributed by atoms with van der Waals surface area (Å²) in [6.07, 6.45) is 1.40. The Hall–Kier alpha value is -0.720. The Morgan fingerprint density at radius 3 is 2.83 bits per heavy atom. The Balaban J connectivity index is 1.88. The number of halogens is 1. The van der Waals surface area contributed by atoms with Gasteiger partial charge in [0, 0.05) is 23.4 Å². The van der Waals surface area contributed by atoms with Crippen LogP contribution in [-0.4, -0.2) is 49.1 Å². The fourth-order valence-electron chi connectivity index (χ4n) is 2.74. The number of rotatable bonds is 7. The lowest BCUT2D eigenvalue weighted by Gasteiger charge is -2.27. The Bertz CT molecular complexity index is 648. The van der Waals surface area contributed by atoms with Crippen molar-refractivity contribution < 1.29 is 13.2 Å². The molecule has 1 fully saturated rings. The van der Waals surface area contributed by atoms with Gasteiger partial charge in [0.2, 0.25) is 5.91 Å². The molecule has 1 aromatic carbocycles. The Labute approximate surface area is 147 Å². The van der Waals surface area contributed by atoms with E-state index in [4.69, 9.17) is 11.6 Å². The van der Waals surface area contributed by atoms with Crippen LogP contribution in [0.4, 0.5) is 0 Å². The third kappa shape index (κ3) is 5.69. The van der Waals surface area contributed by atoms with E-state index in [1.54, 1.807) is 4.90 Å². The molecule has 2 rings (SSSR count). The fraction of sp³-hybridized carbons (Fsp3) is 0.562. The molecule has 4 nitrogen and oxygen atoms in total. The fourth-order valence-corrected chi connectivity index (χ4v) is 5.54. The van der Waals surface area contributed by atoms with Crippen LogP contribution < -0.4 is 0 Å². The topological polar surface area (TPSA) is 54.5 Å². The maximum Gasteiger partial charge on any atom is 0.232 e. The van der Waals surface area contributed by atoms with Gasteiger partial charge in [-0.2, -0.15) is 0 Å².